The van der Waals surface area contributed by atoms with Crippen LogP contribution in [0.25, 0.3) is 0 Å². The Hall–Kier alpha value is -3.73. The summed E-state index contributed by atoms with van der Waals surface area (Å²) < 4.78 is 0. The Kier molecular flexibility index (Phi) is 5.33. The quantitative estimate of drug-likeness (QED) is 0.370. The number of amides is 1. The molecule has 3 rings (SSSR count). The molecule has 152 valence electrons. The van der Waals surface area contributed by atoms with Crippen LogP contribution in [0.5, 0.6) is 0 Å². The molecule has 2 atom stereocenters. The van der Waals surface area contributed by atoms with E-state index in [2.05, 4.69) is 0 Å². The fourth-order valence-corrected chi connectivity index (χ4v) is 3.47. The minimum atomic E-state index is -0.651. The highest BCUT2D eigenvalue weighted by molar-refractivity contribution is 5.84. The molecular weight excluding hydrogens is 380 g/mol. The zero-order chi connectivity index (χ0) is 21.3. The maximum atomic E-state index is 12.5. The van der Waals surface area contributed by atoms with Crippen LogP contribution >= 0.6 is 0 Å². The highest BCUT2D eigenvalue weighted by atomic mass is 16.6. The number of nitro benzene ring substituents is 2. The van der Waals surface area contributed by atoms with Gasteiger partial charge in [-0.15, -0.1) is 0 Å². The number of nitrogens with two attached hydrogens (primary N) is 3. The molecule has 1 heterocycles. The van der Waals surface area contributed by atoms with E-state index in [-0.39, 0.29) is 35.1 Å². The topological polar surface area (TPSA) is 185 Å². The molecule has 0 radical (unpaired) electrons. The molecule has 1 aliphatic rings. The maximum absolute atomic E-state index is 12.5. The largest absolute Gasteiger partial charge is 0.393 e. The lowest BCUT2D eigenvalue weighted by Crippen LogP contribution is -2.37. The predicted octanol–water partition coefficient (Wildman–Crippen LogP) is 1.51. The molecule has 0 aromatic heterocycles. The van der Waals surface area contributed by atoms with E-state index in [4.69, 9.17) is 17.2 Å². The summed E-state index contributed by atoms with van der Waals surface area (Å²) >= 11 is 0. The van der Waals surface area contributed by atoms with Crippen LogP contribution in [0.1, 0.15) is 23.6 Å². The molecule has 0 saturated carbocycles. The van der Waals surface area contributed by atoms with Gasteiger partial charge in [0.25, 0.3) is 11.4 Å². The van der Waals surface area contributed by atoms with Gasteiger partial charge in [-0.25, -0.2) is 0 Å². The Morgan fingerprint density at radius 3 is 2.17 bits per heavy atom. The van der Waals surface area contributed by atoms with E-state index in [1.807, 2.05) is 0 Å². The van der Waals surface area contributed by atoms with E-state index in [0.717, 1.165) is 0 Å². The first-order valence-electron chi connectivity index (χ1n) is 8.81. The van der Waals surface area contributed by atoms with Crippen molar-refractivity contribution < 1.29 is 14.6 Å². The summed E-state index contributed by atoms with van der Waals surface area (Å²) in [6.07, 6.45) is 0.648. The van der Waals surface area contributed by atoms with Crippen molar-refractivity contribution in [2.45, 2.75) is 24.9 Å². The highest BCUT2D eigenvalue weighted by Gasteiger charge is 2.35. The number of anilines is 2. The van der Waals surface area contributed by atoms with E-state index < -0.39 is 21.9 Å². The number of nitro groups is 2. The van der Waals surface area contributed by atoms with Gasteiger partial charge in [-0.1, -0.05) is 12.1 Å². The van der Waals surface area contributed by atoms with Crippen molar-refractivity contribution in [3.05, 3.63) is 67.8 Å². The molecule has 11 nitrogen and oxygen atoms in total. The first kappa shape index (κ1) is 20.0. The smallest absolute Gasteiger partial charge is 0.292 e. The van der Waals surface area contributed by atoms with Crippen molar-refractivity contribution in [2.75, 3.05) is 18.0 Å². The molecule has 1 amide bonds. The van der Waals surface area contributed by atoms with E-state index >= 15 is 0 Å². The number of carbonyl (C=O) groups excluding carboxylic acids is 1. The van der Waals surface area contributed by atoms with Gasteiger partial charge in [0, 0.05) is 18.7 Å². The van der Waals surface area contributed by atoms with Gasteiger partial charge in [0.2, 0.25) is 5.91 Å². The van der Waals surface area contributed by atoms with Gasteiger partial charge in [0.15, 0.2) is 0 Å². The Morgan fingerprint density at radius 1 is 1.03 bits per heavy atom. The molecule has 0 bridgehead atoms. The Labute approximate surface area is 165 Å². The number of hydrogen-bond donors (Lipinski definition) is 3. The van der Waals surface area contributed by atoms with Crippen LogP contribution < -0.4 is 17.2 Å². The zero-order valence-corrected chi connectivity index (χ0v) is 15.4. The second kappa shape index (κ2) is 7.72. The van der Waals surface area contributed by atoms with Crippen molar-refractivity contribution >= 4 is 28.7 Å². The molecular formula is C18H20N6O5. The fraction of sp³-hybridized carbons (Fsp3) is 0.278. The van der Waals surface area contributed by atoms with Crippen LogP contribution in [0.15, 0.2) is 36.4 Å². The second-order valence-corrected chi connectivity index (χ2v) is 6.87. The maximum Gasteiger partial charge on any atom is 0.292 e. The van der Waals surface area contributed by atoms with Crippen LogP contribution in [-0.4, -0.2) is 33.2 Å². The van der Waals surface area contributed by atoms with Crippen molar-refractivity contribution in [3.8, 4) is 0 Å². The Balaban J connectivity index is 2.04. The lowest BCUT2D eigenvalue weighted by molar-refractivity contribution is -0.384. The van der Waals surface area contributed by atoms with Gasteiger partial charge in [-0.05, 0) is 36.1 Å². The summed E-state index contributed by atoms with van der Waals surface area (Å²) in [5, 5.41) is 22.5. The van der Waals surface area contributed by atoms with Crippen LogP contribution in [0.4, 0.5) is 22.7 Å². The number of rotatable bonds is 6. The van der Waals surface area contributed by atoms with Gasteiger partial charge in [-0.2, -0.15) is 0 Å². The fourth-order valence-electron chi connectivity index (χ4n) is 3.47. The van der Waals surface area contributed by atoms with Crippen molar-refractivity contribution in [3.63, 3.8) is 0 Å². The SMILES string of the molecule is Nc1ccc(CC(c2ccc(N)c([N+](=O)[O-])c2)N2CCC(N)C2=O)cc1[N+](=O)[O-]. The number of nitrogen functional groups attached to an aromatic ring is 2. The third-order valence-corrected chi connectivity index (χ3v) is 5.01. The average Bonchev–Trinajstić information content (AvgIpc) is 3.00. The van der Waals surface area contributed by atoms with Crippen LogP contribution in [-0.2, 0) is 11.2 Å². The molecule has 1 aliphatic heterocycles. The lowest BCUT2D eigenvalue weighted by Gasteiger charge is -2.29. The minimum Gasteiger partial charge on any atom is -0.393 e. The first-order valence-corrected chi connectivity index (χ1v) is 8.81. The van der Waals surface area contributed by atoms with Crippen LogP contribution in [0.3, 0.4) is 0 Å². The van der Waals surface area contributed by atoms with Gasteiger partial charge >= 0.3 is 0 Å². The van der Waals surface area contributed by atoms with E-state index in [1.165, 1.54) is 24.3 Å². The molecule has 0 aliphatic carbocycles. The van der Waals surface area contributed by atoms with E-state index in [0.29, 0.717) is 24.1 Å². The monoisotopic (exact) mass is 400 g/mol. The molecule has 11 heteroatoms. The van der Waals surface area contributed by atoms with Gasteiger partial charge in [-0.3, -0.25) is 25.0 Å². The van der Waals surface area contributed by atoms with E-state index in [1.54, 1.807) is 17.0 Å². The average molecular weight is 400 g/mol. The standard InChI is InChI=1S/C18H20N6O5/c19-12-3-1-10(8-16(12)23(26)27)7-15(22-6-5-14(21)18(22)25)11-2-4-13(20)17(9-11)24(28)29/h1-4,8-9,14-15H,5-7,19-21H2. The summed E-state index contributed by atoms with van der Waals surface area (Å²) in [6.45, 7) is 0.375. The van der Waals surface area contributed by atoms with Gasteiger partial charge in [0.05, 0.1) is 21.9 Å². The van der Waals surface area contributed by atoms with E-state index in [9.17, 15) is 25.0 Å². The molecule has 1 saturated heterocycles. The van der Waals surface area contributed by atoms with Crippen molar-refractivity contribution in [1.29, 1.82) is 0 Å². The van der Waals surface area contributed by atoms with Crippen LogP contribution in [0.2, 0.25) is 0 Å². The first-order chi connectivity index (χ1) is 13.7. The number of benzene rings is 2. The zero-order valence-electron chi connectivity index (χ0n) is 15.4. The Morgan fingerprint density at radius 2 is 1.62 bits per heavy atom. The summed E-state index contributed by atoms with van der Waals surface area (Å²) in [5.74, 6) is -0.278. The molecule has 1 fully saturated rings. The Bertz CT molecular complexity index is 995. The predicted molar refractivity (Wildman–Crippen MR) is 106 cm³/mol. The summed E-state index contributed by atoms with van der Waals surface area (Å²) in [5.41, 5.74) is 17.7. The molecule has 0 spiro atoms. The summed E-state index contributed by atoms with van der Waals surface area (Å²) in [6, 6.07) is 7.48. The molecule has 2 aromatic rings. The van der Waals surface area contributed by atoms with Gasteiger partial charge < -0.3 is 22.1 Å². The van der Waals surface area contributed by atoms with Crippen LogP contribution in [0, 0.1) is 20.2 Å². The number of likely N-dealkylation sites (tertiary alicyclic amines) is 1. The van der Waals surface area contributed by atoms with Gasteiger partial charge in [0.1, 0.15) is 11.4 Å². The number of hydrogen-bond acceptors (Lipinski definition) is 8. The highest BCUT2D eigenvalue weighted by Crippen LogP contribution is 2.34. The second-order valence-electron chi connectivity index (χ2n) is 6.87. The minimum absolute atomic E-state index is 0.00470. The van der Waals surface area contributed by atoms with Crippen molar-refractivity contribution in [1.82, 2.24) is 4.90 Å². The number of carbonyl (C=O) groups is 1. The number of nitrogens with zero attached hydrogens (tertiary/aromatic N) is 3. The summed E-state index contributed by atoms with van der Waals surface area (Å²) in [4.78, 5) is 35.4. The summed E-state index contributed by atoms with van der Waals surface area (Å²) in [7, 11) is 0. The molecule has 29 heavy (non-hydrogen) atoms. The normalized spacial score (nSPS) is 17.3. The lowest BCUT2D eigenvalue weighted by atomic mass is 9.96. The molecule has 6 N–H and O–H groups in total. The third-order valence-electron chi connectivity index (χ3n) is 5.01. The third kappa shape index (κ3) is 3.94. The molecule has 2 aromatic carbocycles. The van der Waals surface area contributed by atoms with Crippen molar-refractivity contribution in [2.24, 2.45) is 5.73 Å². The molecule has 2 unspecified atom stereocenters.